The van der Waals surface area contributed by atoms with Crippen LogP contribution in [0.25, 0.3) is 0 Å². The molecule has 2 aliphatic rings. The van der Waals surface area contributed by atoms with Gasteiger partial charge in [0.15, 0.2) is 10.0 Å². The van der Waals surface area contributed by atoms with Gasteiger partial charge in [-0.2, -0.15) is 13.2 Å². The van der Waals surface area contributed by atoms with Crippen LogP contribution >= 0.6 is 23.1 Å². The fourth-order valence-corrected chi connectivity index (χ4v) is 6.10. The second-order valence-corrected chi connectivity index (χ2v) is 10.5. The van der Waals surface area contributed by atoms with Crippen LogP contribution in [0.15, 0.2) is 34.0 Å². The first-order valence-corrected chi connectivity index (χ1v) is 12.8. The highest BCUT2D eigenvalue weighted by atomic mass is 32.2. The van der Waals surface area contributed by atoms with Gasteiger partial charge in [-0.3, -0.25) is 9.69 Å². The molecular weight excluding hydrogens is 489 g/mol. The number of halogens is 3. The van der Waals surface area contributed by atoms with Crippen molar-refractivity contribution in [2.24, 2.45) is 0 Å². The predicted molar refractivity (Wildman–Crippen MR) is 125 cm³/mol. The molecule has 0 radical (unpaired) electrons. The predicted octanol–water partition coefficient (Wildman–Crippen LogP) is 3.77. The topological polar surface area (TPSA) is 77.0 Å². The zero-order chi connectivity index (χ0) is 24.3. The number of alkyl halides is 3. The smallest absolute Gasteiger partial charge is 0.416 e. The van der Waals surface area contributed by atoms with Crippen LogP contribution in [0, 0.1) is 0 Å². The zero-order valence-corrected chi connectivity index (χ0v) is 20.0. The number of likely N-dealkylation sites (tertiary alicyclic amines) is 1. The lowest BCUT2D eigenvalue weighted by molar-refractivity contribution is -0.137. The number of aromatic nitrogens is 1. The van der Waals surface area contributed by atoms with Crippen molar-refractivity contribution in [3.8, 4) is 0 Å². The standard InChI is InChI=1S/C22H25F3N4O3S2/c23-22(24,25)15-1-3-16(4-2-15)28-9-7-27(8-10-28)13-17-5-6-19(30)29(17)11-12-33-21-26-18(14-34-21)20(31)32/h1-4,14,17H,5-13H2,(H,31,32)/t17-/m1/s1. The molecule has 1 amide bonds. The van der Waals surface area contributed by atoms with Crippen molar-refractivity contribution < 1.29 is 27.9 Å². The van der Waals surface area contributed by atoms with Gasteiger partial charge in [0, 0.05) is 68.6 Å². The van der Waals surface area contributed by atoms with Crippen molar-refractivity contribution in [2.75, 3.05) is 49.9 Å². The normalized spacial score (nSPS) is 19.7. The van der Waals surface area contributed by atoms with Crippen LogP contribution in [0.5, 0.6) is 0 Å². The summed E-state index contributed by atoms with van der Waals surface area (Å²) in [6.45, 7) is 4.37. The number of amides is 1. The third-order valence-corrected chi connectivity index (χ3v) is 8.11. The number of carbonyl (C=O) groups is 2. The van der Waals surface area contributed by atoms with Crippen molar-refractivity contribution in [3.63, 3.8) is 0 Å². The molecular formula is C22H25F3N4O3S2. The van der Waals surface area contributed by atoms with E-state index in [9.17, 15) is 22.8 Å². The molecule has 2 saturated heterocycles. The molecule has 0 spiro atoms. The highest BCUT2D eigenvalue weighted by Gasteiger charge is 2.33. The Labute approximate surface area is 203 Å². The molecule has 4 rings (SSSR count). The van der Waals surface area contributed by atoms with E-state index in [1.807, 2.05) is 4.90 Å². The van der Waals surface area contributed by atoms with E-state index in [4.69, 9.17) is 5.11 Å². The molecule has 0 bridgehead atoms. The molecule has 7 nitrogen and oxygen atoms in total. The van der Waals surface area contributed by atoms with Gasteiger partial charge in [-0.1, -0.05) is 11.8 Å². The number of carbonyl (C=O) groups excluding carboxylic acids is 1. The Kier molecular flexibility index (Phi) is 7.68. The van der Waals surface area contributed by atoms with Crippen LogP contribution in [0.2, 0.25) is 0 Å². The number of piperazine rings is 1. The highest BCUT2D eigenvalue weighted by molar-refractivity contribution is 8.01. The fraction of sp³-hybridized carbons (Fsp3) is 0.500. The molecule has 34 heavy (non-hydrogen) atoms. The average molecular weight is 515 g/mol. The number of thioether (sulfide) groups is 1. The van der Waals surface area contributed by atoms with Gasteiger partial charge in [-0.05, 0) is 30.7 Å². The van der Waals surface area contributed by atoms with Crippen molar-refractivity contribution in [3.05, 3.63) is 40.9 Å². The molecule has 0 saturated carbocycles. The summed E-state index contributed by atoms with van der Waals surface area (Å²) >= 11 is 2.75. The van der Waals surface area contributed by atoms with E-state index in [2.05, 4.69) is 14.8 Å². The fourth-order valence-electron chi connectivity index (χ4n) is 4.29. The third-order valence-electron chi connectivity index (χ3n) is 6.11. The first-order chi connectivity index (χ1) is 16.2. The summed E-state index contributed by atoms with van der Waals surface area (Å²) in [6.07, 6.45) is -2.99. The van der Waals surface area contributed by atoms with Crippen molar-refractivity contribution >= 4 is 40.7 Å². The van der Waals surface area contributed by atoms with Gasteiger partial charge in [0.05, 0.1) is 5.56 Å². The van der Waals surface area contributed by atoms with E-state index in [1.165, 1.54) is 40.6 Å². The number of carboxylic acid groups (broad SMARTS) is 1. The Bertz CT molecular complexity index is 1010. The minimum atomic E-state index is -4.33. The molecule has 1 aromatic carbocycles. The second-order valence-electron chi connectivity index (χ2n) is 8.26. The molecule has 1 atom stereocenters. The largest absolute Gasteiger partial charge is 0.476 e. The molecule has 2 aliphatic heterocycles. The van der Waals surface area contributed by atoms with Gasteiger partial charge in [0.1, 0.15) is 0 Å². The monoisotopic (exact) mass is 514 g/mol. The number of rotatable bonds is 8. The second kappa shape index (κ2) is 10.5. The van der Waals surface area contributed by atoms with Crippen molar-refractivity contribution in [2.45, 2.75) is 29.4 Å². The number of thiazole rings is 1. The van der Waals surface area contributed by atoms with E-state index in [1.54, 1.807) is 0 Å². The van der Waals surface area contributed by atoms with Gasteiger partial charge in [0.2, 0.25) is 5.91 Å². The first kappa shape index (κ1) is 24.8. The van der Waals surface area contributed by atoms with E-state index in [0.29, 0.717) is 23.1 Å². The Morgan fingerprint density at radius 1 is 1.18 bits per heavy atom. The number of hydrogen-bond donors (Lipinski definition) is 1. The van der Waals surface area contributed by atoms with Gasteiger partial charge in [-0.25, -0.2) is 9.78 Å². The lowest BCUT2D eigenvalue weighted by Crippen LogP contribution is -2.51. The van der Waals surface area contributed by atoms with E-state index in [-0.39, 0.29) is 17.6 Å². The summed E-state index contributed by atoms with van der Waals surface area (Å²) in [4.78, 5) is 33.8. The molecule has 3 heterocycles. The molecule has 12 heteroatoms. The van der Waals surface area contributed by atoms with E-state index < -0.39 is 17.7 Å². The van der Waals surface area contributed by atoms with Crippen LogP contribution in [-0.4, -0.2) is 82.8 Å². The maximum Gasteiger partial charge on any atom is 0.416 e. The average Bonchev–Trinajstić information content (AvgIpc) is 3.42. The van der Waals surface area contributed by atoms with Crippen LogP contribution in [0.4, 0.5) is 18.9 Å². The van der Waals surface area contributed by atoms with Crippen molar-refractivity contribution in [1.82, 2.24) is 14.8 Å². The SMILES string of the molecule is O=C(O)c1csc(SCCN2C(=O)CC[C@@H]2CN2CCN(c3ccc(C(F)(F)F)cc3)CC2)n1. The maximum atomic E-state index is 12.8. The quantitative estimate of drug-likeness (QED) is 0.538. The summed E-state index contributed by atoms with van der Waals surface area (Å²) in [5.41, 5.74) is 0.185. The number of carboxylic acids is 1. The van der Waals surface area contributed by atoms with Gasteiger partial charge >= 0.3 is 12.1 Å². The number of benzene rings is 1. The molecule has 2 aromatic rings. The van der Waals surface area contributed by atoms with E-state index in [0.717, 1.165) is 57.0 Å². The minimum Gasteiger partial charge on any atom is -0.476 e. The van der Waals surface area contributed by atoms with Crippen molar-refractivity contribution in [1.29, 1.82) is 0 Å². The molecule has 0 unspecified atom stereocenters. The summed E-state index contributed by atoms with van der Waals surface area (Å²) in [7, 11) is 0. The van der Waals surface area contributed by atoms with Gasteiger partial charge in [-0.15, -0.1) is 11.3 Å². The van der Waals surface area contributed by atoms with Crippen LogP contribution in [0.1, 0.15) is 28.9 Å². The Morgan fingerprint density at radius 2 is 1.88 bits per heavy atom. The number of hydrogen-bond acceptors (Lipinski definition) is 7. The maximum absolute atomic E-state index is 12.8. The molecule has 2 fully saturated rings. The number of aromatic carboxylic acids is 1. The van der Waals surface area contributed by atoms with Crippen LogP contribution in [-0.2, 0) is 11.0 Å². The molecule has 184 valence electrons. The van der Waals surface area contributed by atoms with Crippen LogP contribution in [0.3, 0.4) is 0 Å². The Balaban J connectivity index is 1.24. The Hall–Kier alpha value is -2.31. The first-order valence-electron chi connectivity index (χ1n) is 11.0. The molecule has 1 N–H and O–H groups in total. The highest BCUT2D eigenvalue weighted by Crippen LogP contribution is 2.31. The summed E-state index contributed by atoms with van der Waals surface area (Å²) < 4.78 is 39.0. The van der Waals surface area contributed by atoms with E-state index >= 15 is 0 Å². The number of anilines is 1. The third kappa shape index (κ3) is 6.02. The lowest BCUT2D eigenvalue weighted by Gasteiger charge is -2.38. The number of nitrogens with zero attached hydrogens (tertiary/aromatic N) is 4. The lowest BCUT2D eigenvalue weighted by atomic mass is 10.1. The van der Waals surface area contributed by atoms with Gasteiger partial charge < -0.3 is 14.9 Å². The summed E-state index contributed by atoms with van der Waals surface area (Å²) in [6, 6.07) is 5.42. The molecule has 1 aromatic heterocycles. The zero-order valence-electron chi connectivity index (χ0n) is 18.3. The Morgan fingerprint density at radius 3 is 2.50 bits per heavy atom. The molecule has 0 aliphatic carbocycles. The summed E-state index contributed by atoms with van der Waals surface area (Å²) in [5, 5.41) is 10.5. The van der Waals surface area contributed by atoms with Gasteiger partial charge in [0.25, 0.3) is 0 Å². The summed E-state index contributed by atoms with van der Waals surface area (Å²) in [5.74, 6) is -0.257. The minimum absolute atomic E-state index is 0.0399. The van der Waals surface area contributed by atoms with Crippen LogP contribution < -0.4 is 4.90 Å².